The third-order valence-electron chi connectivity index (χ3n) is 4.17. The number of aromatic carboxylic acids is 1. The summed E-state index contributed by atoms with van der Waals surface area (Å²) in [5, 5.41) is 12.4. The number of likely N-dealkylation sites (tertiary alicyclic amines) is 1. The third-order valence-corrected chi connectivity index (χ3v) is 4.17. The second-order valence-corrected chi connectivity index (χ2v) is 6.75. The van der Waals surface area contributed by atoms with Crippen molar-refractivity contribution in [2.45, 2.75) is 20.3 Å². The molecule has 25 heavy (non-hydrogen) atoms. The van der Waals surface area contributed by atoms with Gasteiger partial charge in [0.15, 0.2) is 0 Å². The minimum atomic E-state index is -1.14. The fourth-order valence-electron chi connectivity index (χ4n) is 3.04. The van der Waals surface area contributed by atoms with Crippen molar-refractivity contribution in [3.8, 4) is 0 Å². The van der Waals surface area contributed by atoms with E-state index in [1.165, 1.54) is 6.07 Å². The Kier molecular flexibility index (Phi) is 4.48. The van der Waals surface area contributed by atoms with Crippen molar-refractivity contribution < 1.29 is 23.9 Å². The normalized spacial score (nSPS) is 17.5. The van der Waals surface area contributed by atoms with Crippen LogP contribution in [0.3, 0.4) is 0 Å². The molecule has 7 nitrogen and oxygen atoms in total. The van der Waals surface area contributed by atoms with E-state index in [1.807, 2.05) is 13.8 Å². The molecule has 2 aromatic rings. The van der Waals surface area contributed by atoms with Crippen molar-refractivity contribution >= 4 is 34.4 Å². The van der Waals surface area contributed by atoms with E-state index in [0.717, 1.165) is 0 Å². The first kappa shape index (κ1) is 17.0. The van der Waals surface area contributed by atoms with Crippen LogP contribution in [-0.2, 0) is 9.59 Å². The molecule has 2 heterocycles. The molecule has 1 aromatic heterocycles. The Labute approximate surface area is 144 Å². The number of hydrogen-bond acceptors (Lipinski definition) is 4. The van der Waals surface area contributed by atoms with Crippen LogP contribution in [0.5, 0.6) is 0 Å². The molecular formula is C18H20N2O5. The topological polar surface area (TPSA) is 99.8 Å². The Morgan fingerprint density at radius 2 is 2.12 bits per heavy atom. The van der Waals surface area contributed by atoms with Crippen LogP contribution < -0.4 is 5.32 Å². The smallest absolute Gasteiger partial charge is 0.371 e. The fourth-order valence-corrected chi connectivity index (χ4v) is 3.04. The number of benzene rings is 1. The molecule has 1 aromatic carbocycles. The SMILES string of the molecule is CC(C)CN1CC(C(=O)Nc2ccc3oc(C(=O)O)cc3c2)CC1=O. The Balaban J connectivity index is 1.69. The van der Waals surface area contributed by atoms with Crippen molar-refractivity contribution in [1.82, 2.24) is 4.90 Å². The second kappa shape index (κ2) is 6.58. The molecule has 1 aliphatic heterocycles. The lowest BCUT2D eigenvalue weighted by Gasteiger charge is -2.18. The van der Waals surface area contributed by atoms with Crippen LogP contribution in [0.25, 0.3) is 11.0 Å². The number of hydrogen-bond donors (Lipinski definition) is 2. The first-order chi connectivity index (χ1) is 11.8. The lowest BCUT2D eigenvalue weighted by atomic mass is 10.1. The largest absolute Gasteiger partial charge is 0.475 e. The van der Waals surface area contributed by atoms with Crippen LogP contribution >= 0.6 is 0 Å². The number of amides is 2. The second-order valence-electron chi connectivity index (χ2n) is 6.75. The van der Waals surface area contributed by atoms with Crippen LogP contribution in [0.1, 0.15) is 30.8 Å². The zero-order chi connectivity index (χ0) is 18.1. The highest BCUT2D eigenvalue weighted by atomic mass is 16.4. The van der Waals surface area contributed by atoms with Crippen molar-refractivity contribution in [3.63, 3.8) is 0 Å². The molecule has 0 spiro atoms. The van der Waals surface area contributed by atoms with E-state index in [2.05, 4.69) is 5.32 Å². The van der Waals surface area contributed by atoms with Crippen molar-refractivity contribution in [2.75, 3.05) is 18.4 Å². The van der Waals surface area contributed by atoms with Gasteiger partial charge >= 0.3 is 5.97 Å². The maximum absolute atomic E-state index is 12.4. The van der Waals surface area contributed by atoms with Gasteiger partial charge in [0.05, 0.1) is 5.92 Å². The maximum Gasteiger partial charge on any atom is 0.371 e. The summed E-state index contributed by atoms with van der Waals surface area (Å²) in [5.41, 5.74) is 0.986. The van der Waals surface area contributed by atoms with Crippen LogP contribution in [-0.4, -0.2) is 40.9 Å². The van der Waals surface area contributed by atoms with Gasteiger partial charge in [-0.25, -0.2) is 4.79 Å². The summed E-state index contributed by atoms with van der Waals surface area (Å²) in [4.78, 5) is 37.1. The molecule has 1 atom stereocenters. The summed E-state index contributed by atoms with van der Waals surface area (Å²) in [6.07, 6.45) is 0.218. The van der Waals surface area contributed by atoms with Gasteiger partial charge in [-0.1, -0.05) is 13.8 Å². The standard InChI is InChI=1S/C18H20N2O5/c1-10(2)8-20-9-12(7-16(20)21)17(22)19-13-3-4-14-11(5-13)6-15(25-14)18(23)24/h3-6,10,12H,7-9H2,1-2H3,(H,19,22)(H,23,24). The number of carboxylic acid groups (broad SMARTS) is 1. The predicted octanol–water partition coefficient (Wildman–Crippen LogP) is 2.57. The van der Waals surface area contributed by atoms with Gasteiger partial charge in [0, 0.05) is 30.6 Å². The molecule has 1 saturated heterocycles. The number of fused-ring (bicyclic) bond motifs is 1. The Bertz CT molecular complexity index is 839. The van der Waals surface area contributed by atoms with Crippen LogP contribution in [0.4, 0.5) is 5.69 Å². The number of carbonyl (C=O) groups excluding carboxylic acids is 2. The molecule has 0 aliphatic carbocycles. The van der Waals surface area contributed by atoms with Gasteiger partial charge in [0.25, 0.3) is 0 Å². The van der Waals surface area contributed by atoms with Gasteiger partial charge in [-0.2, -0.15) is 0 Å². The number of nitrogens with one attached hydrogen (secondary N) is 1. The van der Waals surface area contributed by atoms with Gasteiger partial charge in [-0.05, 0) is 30.2 Å². The molecule has 2 N–H and O–H groups in total. The van der Waals surface area contributed by atoms with Crippen molar-refractivity contribution in [3.05, 3.63) is 30.0 Å². The van der Waals surface area contributed by atoms with Crippen LogP contribution in [0.15, 0.2) is 28.7 Å². The molecule has 0 radical (unpaired) electrons. The number of nitrogens with zero attached hydrogens (tertiary/aromatic N) is 1. The Morgan fingerprint density at radius 3 is 2.80 bits per heavy atom. The Hall–Kier alpha value is -2.83. The lowest BCUT2D eigenvalue weighted by Crippen LogP contribution is -2.31. The van der Waals surface area contributed by atoms with Gasteiger partial charge in [0.2, 0.25) is 17.6 Å². The van der Waals surface area contributed by atoms with Gasteiger partial charge in [0.1, 0.15) is 5.58 Å². The quantitative estimate of drug-likeness (QED) is 0.868. The van der Waals surface area contributed by atoms with Crippen molar-refractivity contribution in [2.24, 2.45) is 11.8 Å². The van der Waals surface area contributed by atoms with Gasteiger partial charge in [-0.3, -0.25) is 9.59 Å². The summed E-state index contributed by atoms with van der Waals surface area (Å²) >= 11 is 0. The van der Waals surface area contributed by atoms with Gasteiger partial charge in [-0.15, -0.1) is 0 Å². The monoisotopic (exact) mass is 344 g/mol. The average Bonchev–Trinajstić information content (AvgIpc) is 3.10. The van der Waals surface area contributed by atoms with E-state index in [9.17, 15) is 14.4 Å². The zero-order valence-corrected chi connectivity index (χ0v) is 14.1. The van der Waals surface area contributed by atoms with Crippen LogP contribution in [0.2, 0.25) is 0 Å². The molecule has 3 rings (SSSR count). The van der Waals surface area contributed by atoms with Gasteiger partial charge < -0.3 is 19.7 Å². The lowest BCUT2D eigenvalue weighted by molar-refractivity contribution is -0.128. The summed E-state index contributed by atoms with van der Waals surface area (Å²) in [6.45, 7) is 5.15. The van der Waals surface area contributed by atoms with E-state index in [0.29, 0.717) is 35.7 Å². The maximum atomic E-state index is 12.4. The van der Waals surface area contributed by atoms with Crippen molar-refractivity contribution in [1.29, 1.82) is 0 Å². The molecule has 1 aliphatic rings. The molecule has 2 amide bonds. The summed E-state index contributed by atoms with van der Waals surface area (Å²) < 4.78 is 5.19. The molecule has 1 unspecified atom stereocenters. The summed E-state index contributed by atoms with van der Waals surface area (Å²) in [6, 6.07) is 6.34. The summed E-state index contributed by atoms with van der Waals surface area (Å²) in [5.74, 6) is -1.51. The molecular weight excluding hydrogens is 324 g/mol. The molecule has 7 heteroatoms. The Morgan fingerprint density at radius 1 is 1.36 bits per heavy atom. The molecule has 0 saturated carbocycles. The minimum absolute atomic E-state index is 0.00485. The number of furan rings is 1. The first-order valence-corrected chi connectivity index (χ1v) is 8.19. The van der Waals surface area contributed by atoms with E-state index in [-0.39, 0.29) is 29.9 Å². The van der Waals surface area contributed by atoms with E-state index < -0.39 is 5.97 Å². The van der Waals surface area contributed by atoms with Crippen LogP contribution in [0, 0.1) is 11.8 Å². The fraction of sp³-hybridized carbons (Fsp3) is 0.389. The number of carbonyl (C=O) groups is 3. The summed E-state index contributed by atoms with van der Waals surface area (Å²) in [7, 11) is 0. The van der Waals surface area contributed by atoms with E-state index in [1.54, 1.807) is 23.1 Å². The average molecular weight is 344 g/mol. The first-order valence-electron chi connectivity index (χ1n) is 8.19. The molecule has 132 valence electrons. The minimum Gasteiger partial charge on any atom is -0.475 e. The highest BCUT2D eigenvalue weighted by Crippen LogP contribution is 2.25. The highest BCUT2D eigenvalue weighted by Gasteiger charge is 2.34. The third kappa shape index (κ3) is 3.65. The van der Waals surface area contributed by atoms with E-state index >= 15 is 0 Å². The molecule has 0 bridgehead atoms. The molecule has 1 fully saturated rings. The highest BCUT2D eigenvalue weighted by molar-refractivity contribution is 5.99. The number of carboxylic acids is 1. The number of rotatable bonds is 5. The number of anilines is 1. The predicted molar refractivity (Wildman–Crippen MR) is 91.3 cm³/mol. The zero-order valence-electron chi connectivity index (χ0n) is 14.1. The van der Waals surface area contributed by atoms with E-state index in [4.69, 9.17) is 9.52 Å².